The van der Waals surface area contributed by atoms with Crippen LogP contribution in [-0.2, 0) is 4.74 Å². The van der Waals surface area contributed by atoms with Crippen molar-refractivity contribution in [3.05, 3.63) is 33.1 Å². The maximum absolute atomic E-state index is 13.1. The number of halogens is 2. The van der Waals surface area contributed by atoms with E-state index in [2.05, 4.69) is 34.8 Å². The quantitative estimate of drug-likeness (QED) is 0.794. The third kappa shape index (κ3) is 4.19. The Morgan fingerprint density at radius 3 is 2.71 bits per heavy atom. The highest BCUT2D eigenvalue weighted by atomic mass is 127. The molecule has 2 atom stereocenters. The van der Waals surface area contributed by atoms with E-state index in [1.165, 1.54) is 6.07 Å². The van der Waals surface area contributed by atoms with Gasteiger partial charge in [-0.25, -0.2) is 4.39 Å². The lowest BCUT2D eigenvalue weighted by Gasteiger charge is -2.25. The topological polar surface area (TPSA) is 21.3 Å². The van der Waals surface area contributed by atoms with Crippen LogP contribution >= 0.6 is 22.6 Å². The van der Waals surface area contributed by atoms with Crippen LogP contribution in [0.5, 0.6) is 0 Å². The molecule has 1 aromatic carbocycles. The van der Waals surface area contributed by atoms with Crippen LogP contribution in [0.15, 0.2) is 18.2 Å². The Morgan fingerprint density at radius 1 is 1.47 bits per heavy atom. The van der Waals surface area contributed by atoms with Crippen LogP contribution in [-0.4, -0.2) is 20.8 Å². The van der Waals surface area contributed by atoms with Gasteiger partial charge in [0, 0.05) is 23.3 Å². The third-order valence-electron chi connectivity index (χ3n) is 2.95. The summed E-state index contributed by atoms with van der Waals surface area (Å²) < 4.78 is 19.1. The lowest BCUT2D eigenvalue weighted by Crippen LogP contribution is -2.25. The monoisotopic (exact) mass is 351 g/mol. The van der Waals surface area contributed by atoms with Gasteiger partial charge in [0.1, 0.15) is 5.82 Å². The predicted molar refractivity (Wildman–Crippen MR) is 76.6 cm³/mol. The van der Waals surface area contributed by atoms with E-state index in [1.807, 2.05) is 13.1 Å². The fraction of sp³-hybridized carbons (Fsp3) is 0.538. The van der Waals surface area contributed by atoms with Crippen LogP contribution in [0.1, 0.15) is 24.9 Å². The van der Waals surface area contributed by atoms with Crippen molar-refractivity contribution < 1.29 is 9.13 Å². The van der Waals surface area contributed by atoms with Gasteiger partial charge in [0.25, 0.3) is 0 Å². The number of nitrogens with one attached hydrogen (secondary N) is 1. The van der Waals surface area contributed by atoms with E-state index in [9.17, 15) is 4.39 Å². The van der Waals surface area contributed by atoms with Gasteiger partial charge in [-0.05, 0) is 59.7 Å². The minimum absolute atomic E-state index is 0.183. The van der Waals surface area contributed by atoms with Crippen LogP contribution in [0.4, 0.5) is 4.39 Å². The van der Waals surface area contributed by atoms with Gasteiger partial charge in [0.2, 0.25) is 0 Å². The Balaban J connectivity index is 2.85. The zero-order valence-corrected chi connectivity index (χ0v) is 12.6. The van der Waals surface area contributed by atoms with Crippen molar-refractivity contribution in [2.45, 2.75) is 19.4 Å². The van der Waals surface area contributed by atoms with Crippen molar-refractivity contribution in [2.24, 2.45) is 5.92 Å². The molecule has 0 spiro atoms. The van der Waals surface area contributed by atoms with Crippen molar-refractivity contribution in [2.75, 3.05) is 20.8 Å². The molecule has 0 amide bonds. The first kappa shape index (κ1) is 14.9. The third-order valence-corrected chi connectivity index (χ3v) is 3.89. The molecule has 2 nitrogen and oxygen atoms in total. The summed E-state index contributed by atoms with van der Waals surface area (Å²) in [5, 5.41) is 3.30. The first-order chi connectivity index (χ1) is 8.10. The van der Waals surface area contributed by atoms with Crippen LogP contribution < -0.4 is 5.32 Å². The van der Waals surface area contributed by atoms with Crippen molar-refractivity contribution in [1.82, 2.24) is 5.32 Å². The zero-order valence-electron chi connectivity index (χ0n) is 10.5. The van der Waals surface area contributed by atoms with E-state index in [0.29, 0.717) is 5.92 Å². The van der Waals surface area contributed by atoms with Crippen molar-refractivity contribution >= 4 is 22.6 Å². The van der Waals surface area contributed by atoms with Gasteiger partial charge in [0.15, 0.2) is 0 Å². The summed E-state index contributed by atoms with van der Waals surface area (Å²) in [4.78, 5) is 0. The first-order valence-corrected chi connectivity index (χ1v) is 6.79. The SMILES string of the molecule is CNC(c1ccc(F)cc1I)C(C)CCOC. The fourth-order valence-corrected chi connectivity index (χ4v) is 2.78. The molecule has 1 aromatic rings. The molecule has 0 aliphatic heterocycles. The molecule has 1 N–H and O–H groups in total. The number of ether oxygens (including phenoxy) is 1. The van der Waals surface area contributed by atoms with E-state index in [1.54, 1.807) is 13.2 Å². The molecule has 0 aliphatic rings. The second-order valence-electron chi connectivity index (χ2n) is 4.19. The van der Waals surface area contributed by atoms with Crippen molar-refractivity contribution in [3.8, 4) is 0 Å². The molecule has 17 heavy (non-hydrogen) atoms. The average Bonchev–Trinajstić information content (AvgIpc) is 2.30. The summed E-state index contributed by atoms with van der Waals surface area (Å²) in [7, 11) is 3.65. The normalized spacial score (nSPS) is 14.6. The summed E-state index contributed by atoms with van der Waals surface area (Å²) in [5.41, 5.74) is 1.15. The molecule has 0 aliphatic carbocycles. The number of benzene rings is 1. The minimum atomic E-state index is -0.183. The molecule has 4 heteroatoms. The second-order valence-corrected chi connectivity index (χ2v) is 5.35. The van der Waals surface area contributed by atoms with Crippen LogP contribution in [0.25, 0.3) is 0 Å². The van der Waals surface area contributed by atoms with E-state index >= 15 is 0 Å². The standard InChI is InChI=1S/C13H19FINO/c1-9(6-7-17-3)13(16-2)11-5-4-10(14)8-12(11)15/h4-5,8-9,13,16H,6-7H2,1-3H3. The summed E-state index contributed by atoms with van der Waals surface area (Å²) in [6.07, 6.45) is 0.982. The van der Waals surface area contributed by atoms with Gasteiger partial charge in [-0.1, -0.05) is 13.0 Å². The molecule has 0 aromatic heterocycles. The Kier molecular flexibility index (Phi) is 6.37. The predicted octanol–water partition coefficient (Wildman–Crippen LogP) is 3.36. The van der Waals surface area contributed by atoms with Gasteiger partial charge < -0.3 is 10.1 Å². The number of rotatable bonds is 6. The lowest BCUT2D eigenvalue weighted by atomic mass is 9.92. The number of hydrogen-bond acceptors (Lipinski definition) is 2. The van der Waals surface area contributed by atoms with E-state index in [0.717, 1.165) is 22.2 Å². The Labute approximate surface area is 116 Å². The van der Waals surface area contributed by atoms with Crippen LogP contribution in [0.3, 0.4) is 0 Å². The van der Waals surface area contributed by atoms with Gasteiger partial charge in [-0.3, -0.25) is 0 Å². The van der Waals surface area contributed by atoms with Crippen molar-refractivity contribution in [1.29, 1.82) is 0 Å². The minimum Gasteiger partial charge on any atom is -0.385 e. The summed E-state index contributed by atoms with van der Waals surface area (Å²) >= 11 is 2.18. The summed E-state index contributed by atoms with van der Waals surface area (Å²) in [6.45, 7) is 2.93. The second kappa shape index (κ2) is 7.28. The van der Waals surface area contributed by atoms with Gasteiger partial charge in [-0.15, -0.1) is 0 Å². The molecule has 2 unspecified atom stereocenters. The fourth-order valence-electron chi connectivity index (χ4n) is 1.97. The molecule has 0 saturated heterocycles. The lowest BCUT2D eigenvalue weighted by molar-refractivity contribution is 0.171. The molecule has 0 fully saturated rings. The molecule has 0 bridgehead atoms. The van der Waals surface area contributed by atoms with Crippen molar-refractivity contribution in [3.63, 3.8) is 0 Å². The zero-order chi connectivity index (χ0) is 12.8. The number of methoxy groups -OCH3 is 1. The Morgan fingerprint density at radius 2 is 2.18 bits per heavy atom. The summed E-state index contributed by atoms with van der Waals surface area (Å²) in [6, 6.07) is 5.19. The molecular weight excluding hydrogens is 332 g/mol. The Hall–Kier alpha value is -0.200. The van der Waals surface area contributed by atoms with E-state index in [-0.39, 0.29) is 11.9 Å². The highest BCUT2D eigenvalue weighted by Gasteiger charge is 2.19. The highest BCUT2D eigenvalue weighted by Crippen LogP contribution is 2.28. The highest BCUT2D eigenvalue weighted by molar-refractivity contribution is 14.1. The Bertz CT molecular complexity index is 359. The van der Waals surface area contributed by atoms with Crippen LogP contribution in [0, 0.1) is 15.3 Å². The molecule has 1 rings (SSSR count). The smallest absolute Gasteiger partial charge is 0.124 e. The molecule has 0 radical (unpaired) electrons. The van der Waals surface area contributed by atoms with E-state index < -0.39 is 0 Å². The maximum Gasteiger partial charge on any atom is 0.124 e. The van der Waals surface area contributed by atoms with Gasteiger partial charge in [-0.2, -0.15) is 0 Å². The molecular formula is C13H19FINO. The molecule has 0 saturated carbocycles. The van der Waals surface area contributed by atoms with E-state index in [4.69, 9.17) is 4.74 Å². The average molecular weight is 351 g/mol. The molecule has 96 valence electrons. The van der Waals surface area contributed by atoms with Gasteiger partial charge in [0.05, 0.1) is 0 Å². The number of hydrogen-bond donors (Lipinski definition) is 1. The van der Waals surface area contributed by atoms with Gasteiger partial charge >= 0.3 is 0 Å². The summed E-state index contributed by atoms with van der Waals surface area (Å²) in [5.74, 6) is 0.261. The maximum atomic E-state index is 13.1. The first-order valence-electron chi connectivity index (χ1n) is 5.71. The largest absolute Gasteiger partial charge is 0.385 e. The molecule has 0 heterocycles. The van der Waals surface area contributed by atoms with Crippen LogP contribution in [0.2, 0.25) is 0 Å².